The largest absolute Gasteiger partial charge is 0.493 e. The van der Waals surface area contributed by atoms with Crippen LogP contribution >= 0.6 is 0 Å². The van der Waals surface area contributed by atoms with E-state index in [1.54, 1.807) is 38.5 Å². The Morgan fingerprint density at radius 3 is 2.58 bits per heavy atom. The van der Waals surface area contributed by atoms with E-state index in [0.29, 0.717) is 28.4 Å². The highest BCUT2D eigenvalue weighted by Crippen LogP contribution is 2.31. The molecule has 0 aliphatic rings. The molecule has 0 radical (unpaired) electrons. The number of hydrogen-bond donors (Lipinski definition) is 1. The second kappa shape index (κ2) is 7.49. The summed E-state index contributed by atoms with van der Waals surface area (Å²) in [6.45, 7) is 0. The van der Waals surface area contributed by atoms with E-state index in [-0.39, 0.29) is 11.5 Å². The topological polar surface area (TPSA) is 80.1 Å². The summed E-state index contributed by atoms with van der Waals surface area (Å²) >= 11 is 0. The molecule has 0 saturated heterocycles. The van der Waals surface area contributed by atoms with Crippen molar-refractivity contribution in [2.75, 3.05) is 19.5 Å². The van der Waals surface area contributed by atoms with E-state index in [1.165, 1.54) is 24.4 Å². The molecule has 0 aliphatic carbocycles. The van der Waals surface area contributed by atoms with Crippen molar-refractivity contribution in [3.8, 4) is 28.8 Å². The fourth-order valence-corrected chi connectivity index (χ4v) is 2.40. The molecule has 3 aromatic rings. The van der Waals surface area contributed by atoms with E-state index in [1.807, 2.05) is 6.07 Å². The van der Waals surface area contributed by atoms with E-state index in [9.17, 15) is 4.39 Å². The maximum atomic E-state index is 14.1. The molecule has 7 heteroatoms. The lowest BCUT2D eigenvalue weighted by molar-refractivity contribution is 0.355. The quantitative estimate of drug-likeness (QED) is 0.751. The zero-order valence-electron chi connectivity index (χ0n) is 14.2. The van der Waals surface area contributed by atoms with Crippen LogP contribution in [0.2, 0.25) is 0 Å². The van der Waals surface area contributed by atoms with Crippen molar-refractivity contribution in [2.45, 2.75) is 0 Å². The van der Waals surface area contributed by atoms with Gasteiger partial charge in [0.1, 0.15) is 5.82 Å². The Bertz CT molecular complexity index is 986. The van der Waals surface area contributed by atoms with Crippen molar-refractivity contribution in [3.63, 3.8) is 0 Å². The summed E-state index contributed by atoms with van der Waals surface area (Å²) in [5.74, 6) is 0.987. The molecule has 1 aromatic heterocycles. The summed E-state index contributed by atoms with van der Waals surface area (Å²) in [5, 5.41) is 12.0. The average molecular weight is 350 g/mol. The molecule has 0 unspecified atom stereocenters. The molecule has 0 aliphatic heterocycles. The minimum Gasteiger partial charge on any atom is -0.493 e. The number of nitrogens with zero attached hydrogens (tertiary/aromatic N) is 3. The van der Waals surface area contributed by atoms with Crippen molar-refractivity contribution in [3.05, 3.63) is 60.0 Å². The van der Waals surface area contributed by atoms with Gasteiger partial charge in [-0.05, 0) is 36.4 Å². The van der Waals surface area contributed by atoms with Gasteiger partial charge in [-0.2, -0.15) is 5.26 Å². The molecule has 0 spiro atoms. The Balaban J connectivity index is 1.92. The summed E-state index contributed by atoms with van der Waals surface area (Å²) in [5.41, 5.74) is 1.65. The van der Waals surface area contributed by atoms with Gasteiger partial charge in [-0.3, -0.25) is 0 Å². The van der Waals surface area contributed by atoms with Crippen LogP contribution in [0.15, 0.2) is 48.7 Å². The van der Waals surface area contributed by atoms with E-state index >= 15 is 0 Å². The Morgan fingerprint density at radius 2 is 1.85 bits per heavy atom. The van der Waals surface area contributed by atoms with Crippen molar-refractivity contribution in [2.24, 2.45) is 0 Å². The first-order chi connectivity index (χ1) is 12.6. The van der Waals surface area contributed by atoms with Crippen LogP contribution in [0.25, 0.3) is 11.3 Å². The monoisotopic (exact) mass is 350 g/mol. The van der Waals surface area contributed by atoms with Crippen molar-refractivity contribution < 1.29 is 13.9 Å². The third-order valence-corrected chi connectivity index (χ3v) is 3.67. The highest BCUT2D eigenvalue weighted by Gasteiger charge is 2.10. The van der Waals surface area contributed by atoms with Gasteiger partial charge in [0.2, 0.25) is 5.95 Å². The minimum absolute atomic E-state index is 0.238. The van der Waals surface area contributed by atoms with E-state index in [4.69, 9.17) is 14.7 Å². The number of ether oxygens (including phenoxy) is 2. The first-order valence-corrected chi connectivity index (χ1v) is 7.66. The summed E-state index contributed by atoms with van der Waals surface area (Å²) in [7, 11) is 3.10. The lowest BCUT2D eigenvalue weighted by Gasteiger charge is -2.11. The molecule has 1 heterocycles. The molecule has 0 fully saturated rings. The predicted octanol–water partition coefficient (Wildman–Crippen LogP) is 3.92. The third kappa shape index (κ3) is 3.54. The van der Waals surface area contributed by atoms with Crippen molar-refractivity contribution in [1.82, 2.24) is 9.97 Å². The number of methoxy groups -OCH3 is 2. The summed E-state index contributed by atoms with van der Waals surface area (Å²) in [6.07, 6.45) is 1.52. The van der Waals surface area contributed by atoms with Crippen molar-refractivity contribution in [1.29, 1.82) is 5.26 Å². The fraction of sp³-hybridized carbons (Fsp3) is 0.105. The molecule has 0 bridgehead atoms. The van der Waals surface area contributed by atoms with Gasteiger partial charge in [-0.15, -0.1) is 0 Å². The van der Waals surface area contributed by atoms with Gasteiger partial charge in [-0.25, -0.2) is 14.4 Å². The van der Waals surface area contributed by atoms with Crippen LogP contribution in [0.4, 0.5) is 16.0 Å². The standard InChI is InChI=1S/C19H15FN4O2/c1-25-17-6-4-13(10-18(17)26-2)23-19-22-8-7-16(24-19)14-9-12(11-21)3-5-15(14)20/h3-10H,1-2H3,(H,22,23,24). The van der Waals surface area contributed by atoms with Crippen molar-refractivity contribution >= 4 is 11.6 Å². The van der Waals surface area contributed by atoms with Crippen LogP contribution in [-0.4, -0.2) is 24.2 Å². The number of anilines is 2. The summed E-state index contributed by atoms with van der Waals surface area (Å²) < 4.78 is 24.6. The minimum atomic E-state index is -0.459. The molecule has 6 nitrogen and oxygen atoms in total. The molecular formula is C19H15FN4O2. The van der Waals surface area contributed by atoms with Crippen LogP contribution < -0.4 is 14.8 Å². The third-order valence-electron chi connectivity index (χ3n) is 3.67. The van der Waals surface area contributed by atoms with Crippen LogP contribution in [0.5, 0.6) is 11.5 Å². The van der Waals surface area contributed by atoms with Gasteiger partial charge >= 0.3 is 0 Å². The number of benzene rings is 2. The van der Waals surface area contributed by atoms with Crippen LogP contribution in [0.1, 0.15) is 5.56 Å². The maximum Gasteiger partial charge on any atom is 0.227 e. The average Bonchev–Trinajstić information content (AvgIpc) is 2.68. The molecule has 0 saturated carbocycles. The molecule has 130 valence electrons. The highest BCUT2D eigenvalue weighted by molar-refractivity contribution is 5.65. The van der Waals surface area contributed by atoms with Gasteiger partial charge in [-0.1, -0.05) is 0 Å². The Kier molecular flexibility index (Phi) is 4.94. The molecule has 26 heavy (non-hydrogen) atoms. The molecular weight excluding hydrogens is 335 g/mol. The lowest BCUT2D eigenvalue weighted by atomic mass is 10.1. The Hall–Kier alpha value is -3.66. The Morgan fingerprint density at radius 1 is 1.04 bits per heavy atom. The molecule has 0 amide bonds. The number of halogens is 1. The summed E-state index contributed by atoms with van der Waals surface area (Å²) in [4.78, 5) is 8.48. The molecule has 0 atom stereocenters. The number of nitrogens with one attached hydrogen (secondary N) is 1. The van der Waals surface area contributed by atoms with Gasteiger partial charge in [0.05, 0.1) is 31.5 Å². The SMILES string of the molecule is COc1ccc(Nc2nccc(-c3cc(C#N)ccc3F)n2)cc1OC. The van der Waals surface area contributed by atoms with E-state index in [2.05, 4.69) is 15.3 Å². The van der Waals surface area contributed by atoms with E-state index < -0.39 is 5.82 Å². The molecule has 1 N–H and O–H groups in total. The molecule has 2 aromatic carbocycles. The maximum absolute atomic E-state index is 14.1. The Labute approximate surface area is 149 Å². The first kappa shape index (κ1) is 17.2. The van der Waals surface area contributed by atoms with Crippen LogP contribution in [-0.2, 0) is 0 Å². The summed E-state index contributed by atoms with van der Waals surface area (Å²) in [6, 6.07) is 13.0. The second-order valence-corrected chi connectivity index (χ2v) is 5.27. The molecule has 3 rings (SSSR count). The number of rotatable bonds is 5. The highest BCUT2D eigenvalue weighted by atomic mass is 19.1. The number of nitriles is 1. The fourth-order valence-electron chi connectivity index (χ4n) is 2.40. The normalized spacial score (nSPS) is 10.1. The second-order valence-electron chi connectivity index (χ2n) is 5.27. The lowest BCUT2D eigenvalue weighted by Crippen LogP contribution is -2.00. The van der Waals surface area contributed by atoms with Gasteiger partial charge in [0.15, 0.2) is 11.5 Å². The zero-order valence-corrected chi connectivity index (χ0v) is 14.2. The number of aromatic nitrogens is 2. The van der Waals surface area contributed by atoms with Gasteiger partial charge in [0, 0.05) is 23.5 Å². The first-order valence-electron chi connectivity index (χ1n) is 7.66. The number of hydrogen-bond acceptors (Lipinski definition) is 6. The predicted molar refractivity (Wildman–Crippen MR) is 95.0 cm³/mol. The van der Waals surface area contributed by atoms with E-state index in [0.717, 1.165) is 0 Å². The zero-order chi connectivity index (χ0) is 18.5. The van der Waals surface area contributed by atoms with Crippen LogP contribution in [0, 0.1) is 17.1 Å². The van der Waals surface area contributed by atoms with Gasteiger partial charge in [0.25, 0.3) is 0 Å². The van der Waals surface area contributed by atoms with Crippen LogP contribution in [0.3, 0.4) is 0 Å². The van der Waals surface area contributed by atoms with Gasteiger partial charge < -0.3 is 14.8 Å². The smallest absolute Gasteiger partial charge is 0.227 e.